The van der Waals surface area contributed by atoms with Gasteiger partial charge in [0.05, 0.1) is 11.8 Å². The van der Waals surface area contributed by atoms with Gasteiger partial charge in [-0.15, -0.1) is 0 Å². The van der Waals surface area contributed by atoms with Crippen LogP contribution in [0.5, 0.6) is 0 Å². The summed E-state index contributed by atoms with van der Waals surface area (Å²) in [6.45, 7) is 1.06. The van der Waals surface area contributed by atoms with Crippen LogP contribution in [0.4, 0.5) is 13.2 Å². The lowest BCUT2D eigenvalue weighted by Gasteiger charge is -2.11. The molecule has 0 atom stereocenters. The molecule has 0 amide bonds. The molecular formula is C12H8F3N5O. The molecule has 0 aromatic carbocycles. The topological polar surface area (TPSA) is 65.1 Å². The predicted octanol–water partition coefficient (Wildman–Crippen LogP) is 2.14. The molecule has 0 spiro atoms. The Hall–Kier alpha value is -2.71. The third-order valence-corrected chi connectivity index (χ3v) is 2.91. The smallest absolute Gasteiger partial charge is 0.302 e. The van der Waals surface area contributed by atoms with E-state index in [2.05, 4.69) is 15.1 Å². The summed E-state index contributed by atoms with van der Waals surface area (Å²) in [5, 5.41) is 3.66. The van der Waals surface area contributed by atoms with Crippen molar-refractivity contribution in [2.45, 2.75) is 13.1 Å². The van der Waals surface area contributed by atoms with Crippen LogP contribution in [0.3, 0.4) is 0 Å². The molecule has 6 nitrogen and oxygen atoms in total. The number of halogens is 3. The van der Waals surface area contributed by atoms with Gasteiger partial charge in [-0.25, -0.2) is 14.6 Å². The number of aromatic nitrogens is 5. The van der Waals surface area contributed by atoms with E-state index in [1.165, 1.54) is 16.8 Å². The molecular weight excluding hydrogens is 287 g/mol. The molecule has 0 bridgehead atoms. The van der Waals surface area contributed by atoms with Gasteiger partial charge in [-0.2, -0.15) is 18.3 Å². The molecule has 3 rings (SSSR count). The van der Waals surface area contributed by atoms with Crippen molar-refractivity contribution in [3.8, 4) is 5.82 Å². The molecule has 3 aromatic rings. The number of fused-ring (bicyclic) bond motifs is 1. The second-order valence-corrected chi connectivity index (χ2v) is 4.28. The van der Waals surface area contributed by atoms with E-state index < -0.39 is 23.2 Å². The summed E-state index contributed by atoms with van der Waals surface area (Å²) in [6.07, 6.45) is 2.04. The van der Waals surface area contributed by atoms with Gasteiger partial charge in [0.15, 0.2) is 22.9 Å². The van der Waals surface area contributed by atoms with E-state index in [1.54, 1.807) is 12.4 Å². The summed E-state index contributed by atoms with van der Waals surface area (Å²) in [5.41, 5.74) is -1.45. The highest BCUT2D eigenvalue weighted by Gasteiger charge is 2.40. The first-order chi connectivity index (χ1) is 9.89. The van der Waals surface area contributed by atoms with Crippen LogP contribution in [0, 0.1) is 0 Å². The molecule has 21 heavy (non-hydrogen) atoms. The van der Waals surface area contributed by atoms with Crippen LogP contribution in [-0.4, -0.2) is 29.9 Å². The quantitative estimate of drug-likeness (QED) is 0.679. The van der Waals surface area contributed by atoms with Crippen molar-refractivity contribution < 1.29 is 18.0 Å². The van der Waals surface area contributed by atoms with Crippen LogP contribution >= 0.6 is 0 Å². The van der Waals surface area contributed by atoms with Gasteiger partial charge < -0.3 is 4.40 Å². The SMILES string of the molecule is CC(=O)c1cnn(-c2nccn3ccnc23)c1C(F)(F)F. The van der Waals surface area contributed by atoms with Crippen LogP contribution in [0.1, 0.15) is 23.0 Å². The van der Waals surface area contributed by atoms with Crippen LogP contribution in [-0.2, 0) is 6.18 Å². The molecule has 0 saturated heterocycles. The third kappa shape index (κ3) is 2.06. The maximum atomic E-state index is 13.2. The van der Waals surface area contributed by atoms with E-state index in [-0.39, 0.29) is 11.5 Å². The largest absolute Gasteiger partial charge is 0.434 e. The molecule has 0 N–H and O–H groups in total. The average molecular weight is 295 g/mol. The minimum atomic E-state index is -4.74. The lowest BCUT2D eigenvalue weighted by molar-refractivity contribution is -0.143. The molecule has 0 radical (unpaired) electrons. The zero-order valence-electron chi connectivity index (χ0n) is 10.7. The summed E-state index contributed by atoms with van der Waals surface area (Å²) < 4.78 is 41.8. The van der Waals surface area contributed by atoms with Gasteiger partial charge in [-0.1, -0.05) is 0 Å². The standard InChI is InChI=1S/C12H8F3N5O/c1-7(21)8-6-18-20(9(8)12(13,14)15)11-10-16-2-4-19(10)5-3-17-11/h2-6H,1H3. The van der Waals surface area contributed by atoms with Crippen molar-refractivity contribution in [3.63, 3.8) is 0 Å². The van der Waals surface area contributed by atoms with Crippen LogP contribution in [0.25, 0.3) is 11.5 Å². The molecule has 0 aliphatic rings. The molecule has 0 fully saturated rings. The van der Waals surface area contributed by atoms with E-state index in [0.29, 0.717) is 4.68 Å². The van der Waals surface area contributed by atoms with Gasteiger partial charge in [0.25, 0.3) is 0 Å². The van der Waals surface area contributed by atoms with E-state index in [4.69, 9.17) is 0 Å². The Morgan fingerprint density at radius 1 is 1.19 bits per heavy atom. The minimum Gasteiger partial charge on any atom is -0.302 e. The first-order valence-electron chi connectivity index (χ1n) is 5.84. The number of carbonyl (C=O) groups is 1. The second-order valence-electron chi connectivity index (χ2n) is 4.28. The lowest BCUT2D eigenvalue weighted by atomic mass is 10.2. The Morgan fingerprint density at radius 3 is 2.48 bits per heavy atom. The van der Waals surface area contributed by atoms with E-state index in [1.807, 2.05) is 0 Å². The summed E-state index contributed by atoms with van der Waals surface area (Å²) in [6, 6.07) is 0. The zero-order chi connectivity index (χ0) is 15.2. The van der Waals surface area contributed by atoms with E-state index >= 15 is 0 Å². The van der Waals surface area contributed by atoms with Crippen molar-refractivity contribution in [1.82, 2.24) is 24.1 Å². The van der Waals surface area contributed by atoms with E-state index in [0.717, 1.165) is 13.1 Å². The van der Waals surface area contributed by atoms with Crippen molar-refractivity contribution in [2.24, 2.45) is 0 Å². The number of carbonyl (C=O) groups excluding carboxylic acids is 1. The molecule has 0 aliphatic carbocycles. The fourth-order valence-electron chi connectivity index (χ4n) is 2.03. The van der Waals surface area contributed by atoms with Crippen molar-refractivity contribution in [2.75, 3.05) is 0 Å². The number of alkyl halides is 3. The number of rotatable bonds is 2. The fraction of sp³-hybridized carbons (Fsp3) is 0.167. The maximum Gasteiger partial charge on any atom is 0.434 e. The number of nitrogens with zero attached hydrogens (tertiary/aromatic N) is 5. The first-order valence-corrected chi connectivity index (χ1v) is 5.84. The third-order valence-electron chi connectivity index (χ3n) is 2.91. The number of hydrogen-bond acceptors (Lipinski definition) is 4. The Labute approximate surface area is 115 Å². The summed E-state index contributed by atoms with van der Waals surface area (Å²) >= 11 is 0. The highest BCUT2D eigenvalue weighted by Crippen LogP contribution is 2.33. The van der Waals surface area contributed by atoms with Crippen LogP contribution < -0.4 is 0 Å². The number of ketones is 1. The van der Waals surface area contributed by atoms with Gasteiger partial charge in [0.2, 0.25) is 0 Å². The maximum absolute atomic E-state index is 13.2. The van der Waals surface area contributed by atoms with Crippen molar-refractivity contribution in [1.29, 1.82) is 0 Å². The molecule has 0 unspecified atom stereocenters. The van der Waals surface area contributed by atoms with Crippen LogP contribution in [0.15, 0.2) is 31.0 Å². The number of imidazole rings is 1. The van der Waals surface area contributed by atoms with Crippen molar-refractivity contribution >= 4 is 11.4 Å². The average Bonchev–Trinajstić information content (AvgIpc) is 3.04. The van der Waals surface area contributed by atoms with Crippen LogP contribution in [0.2, 0.25) is 0 Å². The lowest BCUT2D eigenvalue weighted by Crippen LogP contribution is -2.18. The highest BCUT2D eigenvalue weighted by atomic mass is 19.4. The van der Waals surface area contributed by atoms with Crippen molar-refractivity contribution in [3.05, 3.63) is 42.2 Å². The number of hydrogen-bond donors (Lipinski definition) is 0. The summed E-state index contributed by atoms with van der Waals surface area (Å²) in [4.78, 5) is 19.2. The van der Waals surface area contributed by atoms with Gasteiger partial charge in [-0.3, -0.25) is 4.79 Å². The Balaban J connectivity index is 2.33. The monoisotopic (exact) mass is 295 g/mol. The molecule has 3 heterocycles. The molecule has 0 saturated carbocycles. The van der Waals surface area contributed by atoms with Gasteiger partial charge >= 0.3 is 6.18 Å². The Morgan fingerprint density at radius 2 is 1.86 bits per heavy atom. The zero-order valence-corrected chi connectivity index (χ0v) is 10.7. The minimum absolute atomic E-state index is 0.0951. The number of Topliss-reactive ketones (excluding diaryl/α,β-unsaturated/α-hetero) is 1. The molecule has 3 aromatic heterocycles. The molecule has 9 heteroatoms. The van der Waals surface area contributed by atoms with Gasteiger partial charge in [0, 0.05) is 24.8 Å². The predicted molar refractivity (Wildman–Crippen MR) is 65.1 cm³/mol. The normalized spacial score (nSPS) is 12.0. The second kappa shape index (κ2) is 4.40. The Bertz CT molecular complexity index is 833. The molecule has 108 valence electrons. The summed E-state index contributed by atoms with van der Waals surface area (Å²) in [7, 11) is 0. The molecule has 0 aliphatic heterocycles. The van der Waals surface area contributed by atoms with Gasteiger partial charge in [-0.05, 0) is 6.92 Å². The Kier molecular flexibility index (Phi) is 2.78. The van der Waals surface area contributed by atoms with E-state index in [9.17, 15) is 18.0 Å². The fourth-order valence-corrected chi connectivity index (χ4v) is 2.03. The first kappa shape index (κ1) is 13.3. The van der Waals surface area contributed by atoms with Gasteiger partial charge in [0.1, 0.15) is 0 Å². The summed E-state index contributed by atoms with van der Waals surface area (Å²) in [5.74, 6) is -0.814. The highest BCUT2D eigenvalue weighted by molar-refractivity contribution is 5.95.